The van der Waals surface area contributed by atoms with Crippen molar-refractivity contribution in [3.63, 3.8) is 0 Å². The van der Waals surface area contributed by atoms with Crippen LogP contribution in [0.2, 0.25) is 5.02 Å². The Morgan fingerprint density at radius 3 is 2.45 bits per heavy atom. The SMILES string of the molecule is CCOc1cc(/C=C(\C#N)C(=O)Nc2ccc(Cl)cc2)cc(Br)c1Oc1ccc(C(F)(F)F)cc1[N+](=O)[O-]. The maximum absolute atomic E-state index is 13.0. The molecule has 0 heterocycles. The first-order valence-electron chi connectivity index (χ1n) is 10.6. The van der Waals surface area contributed by atoms with Gasteiger partial charge in [0.1, 0.15) is 11.6 Å². The van der Waals surface area contributed by atoms with E-state index in [0.717, 1.165) is 6.07 Å². The number of rotatable bonds is 8. The molecule has 1 N–H and O–H groups in total. The molecular formula is C25H16BrClF3N3O5. The fourth-order valence-electron chi connectivity index (χ4n) is 3.11. The Kier molecular flexibility index (Phi) is 8.98. The summed E-state index contributed by atoms with van der Waals surface area (Å²) in [6.45, 7) is 1.79. The second-order valence-electron chi connectivity index (χ2n) is 7.43. The first-order chi connectivity index (χ1) is 17.9. The topological polar surface area (TPSA) is 114 Å². The molecule has 0 bridgehead atoms. The smallest absolute Gasteiger partial charge is 0.416 e. The number of amides is 1. The van der Waals surface area contributed by atoms with Crippen molar-refractivity contribution in [2.45, 2.75) is 13.1 Å². The summed E-state index contributed by atoms with van der Waals surface area (Å²) in [6, 6.07) is 12.8. The van der Waals surface area contributed by atoms with Gasteiger partial charge >= 0.3 is 11.9 Å². The number of anilines is 1. The molecule has 0 spiro atoms. The molecule has 0 aliphatic carbocycles. The third-order valence-corrected chi connectivity index (χ3v) is 5.65. The molecule has 13 heteroatoms. The molecule has 0 saturated heterocycles. The molecular weight excluding hydrogens is 595 g/mol. The zero-order chi connectivity index (χ0) is 28.0. The lowest BCUT2D eigenvalue weighted by Gasteiger charge is -2.15. The number of nitro benzene ring substituents is 1. The van der Waals surface area contributed by atoms with Crippen LogP contribution >= 0.6 is 27.5 Å². The van der Waals surface area contributed by atoms with Crippen molar-refractivity contribution in [2.24, 2.45) is 0 Å². The van der Waals surface area contributed by atoms with Crippen molar-refractivity contribution >= 4 is 50.9 Å². The van der Waals surface area contributed by atoms with Gasteiger partial charge < -0.3 is 14.8 Å². The van der Waals surface area contributed by atoms with Gasteiger partial charge in [-0.15, -0.1) is 0 Å². The summed E-state index contributed by atoms with van der Waals surface area (Å²) in [5.74, 6) is -1.15. The summed E-state index contributed by atoms with van der Waals surface area (Å²) in [4.78, 5) is 23.0. The highest BCUT2D eigenvalue weighted by molar-refractivity contribution is 9.10. The summed E-state index contributed by atoms with van der Waals surface area (Å²) in [7, 11) is 0. The molecule has 0 aromatic heterocycles. The first kappa shape index (κ1) is 28.5. The maximum Gasteiger partial charge on any atom is 0.416 e. The van der Waals surface area contributed by atoms with Crippen molar-refractivity contribution in [1.29, 1.82) is 5.26 Å². The number of alkyl halides is 3. The number of carbonyl (C=O) groups is 1. The number of nitrogens with zero attached hydrogens (tertiary/aromatic N) is 2. The Morgan fingerprint density at radius 2 is 1.87 bits per heavy atom. The molecule has 196 valence electrons. The Morgan fingerprint density at radius 1 is 1.18 bits per heavy atom. The number of benzene rings is 3. The van der Waals surface area contributed by atoms with Gasteiger partial charge in [0.05, 0.1) is 21.6 Å². The predicted octanol–water partition coefficient (Wildman–Crippen LogP) is 7.77. The third-order valence-electron chi connectivity index (χ3n) is 4.80. The summed E-state index contributed by atoms with van der Waals surface area (Å²) in [5, 5.41) is 24.0. The molecule has 3 rings (SSSR count). The van der Waals surface area contributed by atoms with E-state index in [-0.39, 0.29) is 28.2 Å². The number of hydrogen-bond acceptors (Lipinski definition) is 6. The molecule has 0 radical (unpaired) electrons. The van der Waals surface area contributed by atoms with Crippen LogP contribution in [0.4, 0.5) is 24.5 Å². The van der Waals surface area contributed by atoms with Gasteiger partial charge in [-0.1, -0.05) is 11.6 Å². The highest BCUT2D eigenvalue weighted by Crippen LogP contribution is 2.44. The number of carbonyl (C=O) groups excluding carboxylic acids is 1. The summed E-state index contributed by atoms with van der Waals surface area (Å²) in [5.41, 5.74) is -1.61. The molecule has 0 aliphatic heterocycles. The van der Waals surface area contributed by atoms with E-state index in [9.17, 15) is 33.3 Å². The van der Waals surface area contributed by atoms with Crippen LogP contribution in [0.15, 0.2) is 64.6 Å². The first-order valence-corrected chi connectivity index (χ1v) is 11.8. The van der Waals surface area contributed by atoms with Gasteiger partial charge in [0.15, 0.2) is 11.5 Å². The van der Waals surface area contributed by atoms with Crippen LogP contribution in [0, 0.1) is 21.4 Å². The van der Waals surface area contributed by atoms with Crippen molar-refractivity contribution in [1.82, 2.24) is 0 Å². The Hall–Kier alpha value is -4.08. The normalized spacial score (nSPS) is 11.4. The molecule has 1 amide bonds. The largest absolute Gasteiger partial charge is 0.490 e. The second-order valence-corrected chi connectivity index (χ2v) is 8.72. The van der Waals surface area contributed by atoms with Crippen molar-refractivity contribution in [3.8, 4) is 23.3 Å². The second kappa shape index (κ2) is 12.0. The van der Waals surface area contributed by atoms with Gasteiger partial charge in [0.25, 0.3) is 5.91 Å². The zero-order valence-electron chi connectivity index (χ0n) is 19.3. The Bertz CT molecular complexity index is 1450. The van der Waals surface area contributed by atoms with Gasteiger partial charge in [-0.2, -0.15) is 18.4 Å². The van der Waals surface area contributed by atoms with E-state index in [2.05, 4.69) is 21.2 Å². The summed E-state index contributed by atoms with van der Waals surface area (Å²) in [6.07, 6.45) is -3.50. The highest BCUT2D eigenvalue weighted by Gasteiger charge is 2.33. The molecule has 0 aliphatic rings. The average Bonchev–Trinajstić information content (AvgIpc) is 2.85. The minimum absolute atomic E-state index is 0.0534. The van der Waals surface area contributed by atoms with E-state index in [1.165, 1.54) is 18.2 Å². The van der Waals surface area contributed by atoms with Gasteiger partial charge in [0, 0.05) is 16.8 Å². The van der Waals surface area contributed by atoms with E-state index in [0.29, 0.717) is 28.4 Å². The summed E-state index contributed by atoms with van der Waals surface area (Å²) >= 11 is 9.09. The fourth-order valence-corrected chi connectivity index (χ4v) is 3.78. The van der Waals surface area contributed by atoms with Crippen LogP contribution in [0.25, 0.3) is 6.08 Å². The number of nitriles is 1. The van der Waals surface area contributed by atoms with Crippen LogP contribution in [0.1, 0.15) is 18.1 Å². The number of nitro groups is 1. The fraction of sp³-hybridized carbons (Fsp3) is 0.120. The Labute approximate surface area is 227 Å². The molecule has 38 heavy (non-hydrogen) atoms. The van der Waals surface area contributed by atoms with Crippen molar-refractivity contribution in [2.75, 3.05) is 11.9 Å². The lowest BCUT2D eigenvalue weighted by molar-refractivity contribution is -0.385. The minimum Gasteiger partial charge on any atom is -0.490 e. The molecule has 8 nitrogen and oxygen atoms in total. The molecule has 3 aromatic rings. The van der Waals surface area contributed by atoms with Crippen LogP contribution in [0.3, 0.4) is 0 Å². The molecule has 0 fully saturated rings. The summed E-state index contributed by atoms with van der Waals surface area (Å²) < 4.78 is 50.5. The third kappa shape index (κ3) is 7.02. The maximum atomic E-state index is 13.0. The van der Waals surface area contributed by atoms with Crippen LogP contribution in [0.5, 0.6) is 17.2 Å². The highest BCUT2D eigenvalue weighted by atomic mass is 79.9. The quantitative estimate of drug-likeness (QED) is 0.121. The van der Waals surface area contributed by atoms with Gasteiger partial charge in [0.2, 0.25) is 5.75 Å². The molecule has 3 aromatic carbocycles. The van der Waals surface area contributed by atoms with E-state index in [1.54, 1.807) is 31.2 Å². The van der Waals surface area contributed by atoms with Crippen LogP contribution in [-0.2, 0) is 11.0 Å². The van der Waals surface area contributed by atoms with Gasteiger partial charge in [-0.05, 0) is 83.0 Å². The minimum atomic E-state index is -4.79. The van der Waals surface area contributed by atoms with Crippen LogP contribution in [-0.4, -0.2) is 17.4 Å². The Balaban J connectivity index is 1.97. The van der Waals surface area contributed by atoms with Crippen molar-refractivity contribution in [3.05, 3.63) is 90.9 Å². The van der Waals surface area contributed by atoms with E-state index in [4.69, 9.17) is 21.1 Å². The van der Waals surface area contributed by atoms with E-state index < -0.39 is 34.0 Å². The average molecular weight is 611 g/mol. The number of ether oxygens (including phenoxy) is 2. The van der Waals surface area contributed by atoms with E-state index in [1.807, 2.05) is 6.07 Å². The predicted molar refractivity (Wildman–Crippen MR) is 137 cm³/mol. The van der Waals surface area contributed by atoms with Crippen LogP contribution < -0.4 is 14.8 Å². The van der Waals surface area contributed by atoms with Crippen molar-refractivity contribution < 1.29 is 32.4 Å². The monoisotopic (exact) mass is 609 g/mol. The van der Waals surface area contributed by atoms with Gasteiger partial charge in [-0.25, -0.2) is 0 Å². The molecule has 0 saturated carbocycles. The lowest BCUT2D eigenvalue weighted by atomic mass is 10.1. The lowest BCUT2D eigenvalue weighted by Crippen LogP contribution is -2.13. The zero-order valence-corrected chi connectivity index (χ0v) is 21.6. The molecule has 0 atom stereocenters. The number of nitrogens with one attached hydrogen (secondary N) is 1. The number of hydrogen-bond donors (Lipinski definition) is 1. The number of halogens is 5. The molecule has 0 unspecified atom stereocenters. The standard InChI is InChI=1S/C25H16BrClF3N3O5/c1-2-37-22-11-14(9-15(13-31)24(34)32-18-6-4-17(27)5-7-18)10-19(26)23(22)38-21-8-3-16(25(28,29)30)12-20(21)33(35)36/h3-12H,2H2,1H3,(H,32,34)/b15-9+. The van der Waals surface area contributed by atoms with E-state index >= 15 is 0 Å². The van der Waals surface area contributed by atoms with Gasteiger partial charge in [-0.3, -0.25) is 14.9 Å².